The Morgan fingerprint density at radius 3 is 3.00 bits per heavy atom. The molecule has 0 saturated heterocycles. The van der Waals surface area contributed by atoms with Gasteiger partial charge in [-0.05, 0) is 18.2 Å². The summed E-state index contributed by atoms with van der Waals surface area (Å²) in [5.74, 6) is -0.532. The smallest absolute Gasteiger partial charge is 0.225 e. The summed E-state index contributed by atoms with van der Waals surface area (Å²) in [5.41, 5.74) is 1.12. The Hall–Kier alpha value is -2.10. The third-order valence-corrected chi connectivity index (χ3v) is 1.90. The minimum atomic E-state index is -0.532. The summed E-state index contributed by atoms with van der Waals surface area (Å²) in [4.78, 5) is 29.1. The molecule has 2 aromatic rings. The minimum Gasteiger partial charge on any atom is -0.294 e. The van der Waals surface area contributed by atoms with Crippen LogP contribution in [-0.4, -0.2) is 22.0 Å². The predicted molar refractivity (Wildman–Crippen MR) is 49.9 cm³/mol. The van der Waals surface area contributed by atoms with E-state index < -0.39 is 5.78 Å². The lowest BCUT2D eigenvalue weighted by Crippen LogP contribution is -1.99. The number of nitrogens with zero attached hydrogens (tertiary/aromatic N) is 2. The molecule has 68 valence electrons. The highest BCUT2D eigenvalue weighted by molar-refractivity contribution is 6.33. The van der Waals surface area contributed by atoms with E-state index in [-0.39, 0.29) is 0 Å². The van der Waals surface area contributed by atoms with Crippen LogP contribution in [0.3, 0.4) is 0 Å². The van der Waals surface area contributed by atoms with E-state index >= 15 is 0 Å². The number of hydrogen-bond donors (Lipinski definition) is 0. The van der Waals surface area contributed by atoms with Gasteiger partial charge in [0.15, 0.2) is 6.29 Å². The zero-order valence-corrected chi connectivity index (χ0v) is 7.18. The lowest BCUT2D eigenvalue weighted by atomic mass is 10.1. The van der Waals surface area contributed by atoms with Crippen molar-refractivity contribution in [3.63, 3.8) is 0 Å². The van der Waals surface area contributed by atoms with E-state index in [0.717, 1.165) is 10.9 Å². The lowest BCUT2D eigenvalue weighted by Gasteiger charge is -1.97. The molecule has 0 radical (unpaired) electrons. The maximum atomic E-state index is 11.0. The number of aromatic nitrogens is 2. The standard InChI is InChI=1S/C10H6N2O2/c13-5-10(14)7-1-2-9-8(3-7)4-11-6-12-9/h1-6H. The molecule has 1 aromatic carbocycles. The molecule has 0 amide bonds. The van der Waals surface area contributed by atoms with Crippen LogP contribution in [0, 0.1) is 0 Å². The summed E-state index contributed by atoms with van der Waals surface area (Å²) in [6.07, 6.45) is 3.33. The first-order chi connectivity index (χ1) is 6.81. The predicted octanol–water partition coefficient (Wildman–Crippen LogP) is 1.01. The summed E-state index contributed by atoms with van der Waals surface area (Å²) in [5, 5.41) is 0.750. The summed E-state index contributed by atoms with van der Waals surface area (Å²) in [6.45, 7) is 0. The van der Waals surface area contributed by atoms with Crippen LogP contribution in [0.15, 0.2) is 30.7 Å². The van der Waals surface area contributed by atoms with Gasteiger partial charge < -0.3 is 0 Å². The number of carbonyl (C=O) groups is 2. The number of carbonyl (C=O) groups excluding carboxylic acids is 2. The zero-order valence-electron chi connectivity index (χ0n) is 7.18. The van der Waals surface area contributed by atoms with Gasteiger partial charge in [0.2, 0.25) is 5.78 Å². The molecule has 0 aliphatic rings. The Bertz CT molecular complexity index is 508. The molecular formula is C10H6N2O2. The van der Waals surface area contributed by atoms with Crippen molar-refractivity contribution in [3.05, 3.63) is 36.3 Å². The van der Waals surface area contributed by atoms with Crippen LogP contribution in [0.5, 0.6) is 0 Å². The molecule has 0 unspecified atom stereocenters. The Kier molecular flexibility index (Phi) is 2.02. The molecule has 0 aliphatic heterocycles. The van der Waals surface area contributed by atoms with E-state index in [1.54, 1.807) is 24.4 Å². The first-order valence-corrected chi connectivity index (χ1v) is 4.00. The van der Waals surface area contributed by atoms with Crippen molar-refractivity contribution < 1.29 is 9.59 Å². The van der Waals surface area contributed by atoms with E-state index in [0.29, 0.717) is 11.8 Å². The SMILES string of the molecule is O=CC(=O)c1ccc2ncncc2c1. The van der Waals surface area contributed by atoms with Crippen molar-refractivity contribution in [2.45, 2.75) is 0 Å². The highest BCUT2D eigenvalue weighted by Gasteiger charge is 2.04. The fraction of sp³-hybridized carbons (Fsp3) is 0. The number of aldehydes is 1. The monoisotopic (exact) mass is 186 g/mol. The van der Waals surface area contributed by atoms with Gasteiger partial charge in [0.25, 0.3) is 0 Å². The fourth-order valence-corrected chi connectivity index (χ4v) is 1.21. The number of benzene rings is 1. The van der Waals surface area contributed by atoms with Gasteiger partial charge >= 0.3 is 0 Å². The lowest BCUT2D eigenvalue weighted by molar-refractivity contribution is -0.104. The highest BCUT2D eigenvalue weighted by atomic mass is 16.2. The minimum absolute atomic E-state index is 0.297. The van der Waals surface area contributed by atoms with Crippen LogP contribution in [0.4, 0.5) is 0 Å². The average Bonchev–Trinajstić information content (AvgIpc) is 2.27. The quantitative estimate of drug-likeness (QED) is 0.399. The van der Waals surface area contributed by atoms with Crippen molar-refractivity contribution in [1.29, 1.82) is 0 Å². The highest BCUT2D eigenvalue weighted by Crippen LogP contribution is 2.11. The molecule has 0 saturated carbocycles. The Morgan fingerprint density at radius 2 is 2.21 bits per heavy atom. The fourth-order valence-electron chi connectivity index (χ4n) is 1.21. The molecule has 0 N–H and O–H groups in total. The van der Waals surface area contributed by atoms with Crippen LogP contribution in [-0.2, 0) is 4.79 Å². The van der Waals surface area contributed by atoms with Crippen molar-refractivity contribution in [1.82, 2.24) is 9.97 Å². The molecule has 2 rings (SSSR count). The van der Waals surface area contributed by atoms with Gasteiger partial charge in [-0.3, -0.25) is 9.59 Å². The van der Waals surface area contributed by atoms with Gasteiger partial charge in [0.05, 0.1) is 5.52 Å². The summed E-state index contributed by atoms with van der Waals surface area (Å²) >= 11 is 0. The van der Waals surface area contributed by atoms with Gasteiger partial charge in [-0.15, -0.1) is 0 Å². The zero-order chi connectivity index (χ0) is 9.97. The summed E-state index contributed by atoms with van der Waals surface area (Å²) in [7, 11) is 0. The summed E-state index contributed by atoms with van der Waals surface area (Å²) in [6, 6.07) is 4.87. The van der Waals surface area contributed by atoms with Crippen molar-refractivity contribution in [2.24, 2.45) is 0 Å². The van der Waals surface area contributed by atoms with Gasteiger partial charge in [0.1, 0.15) is 6.33 Å². The topological polar surface area (TPSA) is 59.9 Å². The largest absolute Gasteiger partial charge is 0.294 e. The number of ketones is 1. The van der Waals surface area contributed by atoms with E-state index in [2.05, 4.69) is 9.97 Å². The molecule has 0 bridgehead atoms. The normalized spacial score (nSPS) is 10.0. The van der Waals surface area contributed by atoms with Crippen LogP contribution in [0.25, 0.3) is 10.9 Å². The van der Waals surface area contributed by atoms with Crippen molar-refractivity contribution in [2.75, 3.05) is 0 Å². The van der Waals surface area contributed by atoms with Crippen molar-refractivity contribution in [3.8, 4) is 0 Å². The number of rotatable bonds is 2. The first-order valence-electron chi connectivity index (χ1n) is 4.00. The van der Waals surface area contributed by atoms with Crippen LogP contribution >= 0.6 is 0 Å². The van der Waals surface area contributed by atoms with Gasteiger partial charge in [0, 0.05) is 17.1 Å². The molecule has 0 aliphatic carbocycles. The van der Waals surface area contributed by atoms with Crippen LogP contribution < -0.4 is 0 Å². The molecule has 0 atom stereocenters. The maximum absolute atomic E-state index is 11.0. The van der Waals surface area contributed by atoms with Crippen LogP contribution in [0.1, 0.15) is 10.4 Å². The first kappa shape index (κ1) is 8.50. The molecule has 4 heteroatoms. The molecule has 0 fully saturated rings. The number of Topliss-reactive ketones (excluding diaryl/α,β-unsaturated/α-hetero) is 1. The summed E-state index contributed by atoms with van der Waals surface area (Å²) < 4.78 is 0. The Morgan fingerprint density at radius 1 is 1.36 bits per heavy atom. The Balaban J connectivity index is 2.62. The maximum Gasteiger partial charge on any atom is 0.225 e. The second-order valence-corrected chi connectivity index (χ2v) is 2.78. The van der Waals surface area contributed by atoms with Gasteiger partial charge in [-0.2, -0.15) is 0 Å². The molecule has 14 heavy (non-hydrogen) atoms. The van der Waals surface area contributed by atoms with E-state index in [9.17, 15) is 9.59 Å². The second-order valence-electron chi connectivity index (χ2n) is 2.78. The molecule has 1 aromatic heterocycles. The number of hydrogen-bond acceptors (Lipinski definition) is 4. The number of fused-ring (bicyclic) bond motifs is 1. The molecule has 1 heterocycles. The molecule has 0 spiro atoms. The molecular weight excluding hydrogens is 180 g/mol. The van der Waals surface area contributed by atoms with Crippen LogP contribution in [0.2, 0.25) is 0 Å². The Labute approximate surface area is 79.6 Å². The van der Waals surface area contributed by atoms with Gasteiger partial charge in [-0.25, -0.2) is 9.97 Å². The third kappa shape index (κ3) is 1.37. The average molecular weight is 186 g/mol. The van der Waals surface area contributed by atoms with Gasteiger partial charge in [-0.1, -0.05) is 0 Å². The third-order valence-electron chi connectivity index (χ3n) is 1.90. The second kappa shape index (κ2) is 3.33. The van der Waals surface area contributed by atoms with E-state index in [1.165, 1.54) is 6.33 Å². The molecule has 4 nitrogen and oxygen atoms in total. The van der Waals surface area contributed by atoms with E-state index in [4.69, 9.17) is 0 Å². The van der Waals surface area contributed by atoms with Crippen molar-refractivity contribution >= 4 is 23.0 Å². The van der Waals surface area contributed by atoms with E-state index in [1.807, 2.05) is 0 Å².